The highest BCUT2D eigenvalue weighted by molar-refractivity contribution is 6.15. The number of hydrogen-bond acceptors (Lipinski definition) is 2. The summed E-state index contributed by atoms with van der Waals surface area (Å²) < 4.78 is 9.13. The molecule has 0 radical (unpaired) electrons. The van der Waals surface area contributed by atoms with Gasteiger partial charge >= 0.3 is 0 Å². The lowest BCUT2D eigenvalue weighted by atomic mass is 9.98. The molecule has 9 aromatic carbocycles. The van der Waals surface area contributed by atoms with Gasteiger partial charge in [-0.2, -0.15) is 0 Å². The molecule has 0 saturated carbocycles. The zero-order chi connectivity index (χ0) is 34.9. The van der Waals surface area contributed by atoms with Crippen LogP contribution in [0, 0.1) is 0 Å². The molecule has 2 aromatic heterocycles. The van der Waals surface area contributed by atoms with E-state index in [1.165, 1.54) is 54.5 Å². The molecule has 11 aromatic rings. The first-order chi connectivity index (χ1) is 26.3. The largest absolute Gasteiger partial charge is 0.456 e. The third-order valence-corrected chi connectivity index (χ3v) is 10.8. The Morgan fingerprint density at radius 2 is 0.981 bits per heavy atom. The number of fused-ring (bicyclic) bond motifs is 8. The Bertz CT molecular complexity index is 3120. The van der Waals surface area contributed by atoms with Crippen LogP contribution in [0.1, 0.15) is 0 Å². The quantitative estimate of drug-likeness (QED) is 0.181. The zero-order valence-electron chi connectivity index (χ0n) is 28.8. The van der Waals surface area contributed by atoms with E-state index in [0.29, 0.717) is 0 Å². The predicted molar refractivity (Wildman–Crippen MR) is 223 cm³/mol. The fourth-order valence-electron chi connectivity index (χ4n) is 8.40. The lowest BCUT2D eigenvalue weighted by molar-refractivity contribution is 0.669. The molecule has 0 unspecified atom stereocenters. The Morgan fingerprint density at radius 1 is 0.396 bits per heavy atom. The molecule has 0 amide bonds. The molecule has 3 heteroatoms. The van der Waals surface area contributed by atoms with Crippen molar-refractivity contribution in [2.24, 2.45) is 0 Å². The highest BCUT2D eigenvalue weighted by Crippen LogP contribution is 2.44. The van der Waals surface area contributed by atoms with E-state index in [1.54, 1.807) is 0 Å². The molecule has 0 atom stereocenters. The number of benzene rings is 9. The molecule has 0 aliphatic carbocycles. The number of anilines is 3. The van der Waals surface area contributed by atoms with Crippen molar-refractivity contribution in [1.29, 1.82) is 0 Å². The minimum Gasteiger partial charge on any atom is -0.456 e. The molecule has 3 nitrogen and oxygen atoms in total. The van der Waals surface area contributed by atoms with E-state index < -0.39 is 0 Å². The highest BCUT2D eigenvalue weighted by atomic mass is 16.3. The lowest BCUT2D eigenvalue weighted by Gasteiger charge is -2.27. The van der Waals surface area contributed by atoms with Crippen LogP contribution in [0.4, 0.5) is 17.1 Å². The fraction of sp³-hybridized carbons (Fsp3) is 0. The summed E-state index contributed by atoms with van der Waals surface area (Å²) in [5.74, 6) is 0. The average Bonchev–Trinajstić information content (AvgIpc) is 3.77. The van der Waals surface area contributed by atoms with Gasteiger partial charge in [0.15, 0.2) is 0 Å². The minimum absolute atomic E-state index is 0.850. The highest BCUT2D eigenvalue weighted by Gasteiger charge is 2.21. The van der Waals surface area contributed by atoms with Crippen molar-refractivity contribution in [2.75, 3.05) is 4.90 Å². The minimum atomic E-state index is 0.850. The average molecular weight is 677 g/mol. The lowest BCUT2D eigenvalue weighted by Crippen LogP contribution is -2.10. The molecule has 53 heavy (non-hydrogen) atoms. The summed E-state index contributed by atoms with van der Waals surface area (Å²) >= 11 is 0. The van der Waals surface area contributed by atoms with Gasteiger partial charge in [-0.15, -0.1) is 0 Å². The van der Waals surface area contributed by atoms with E-state index in [-0.39, 0.29) is 0 Å². The van der Waals surface area contributed by atoms with Crippen LogP contribution in [0.25, 0.3) is 82.1 Å². The van der Waals surface area contributed by atoms with Crippen LogP contribution in [0.2, 0.25) is 0 Å². The van der Waals surface area contributed by atoms with Crippen LogP contribution in [0.5, 0.6) is 0 Å². The third kappa shape index (κ3) is 4.61. The number of nitrogens with zero attached hydrogens (tertiary/aromatic N) is 2. The van der Waals surface area contributed by atoms with Crippen LogP contribution in [-0.2, 0) is 0 Å². The van der Waals surface area contributed by atoms with Gasteiger partial charge in [0.25, 0.3) is 0 Å². The second-order valence-corrected chi connectivity index (χ2v) is 13.7. The summed E-state index contributed by atoms with van der Waals surface area (Å²) in [4.78, 5) is 2.36. The first-order valence-corrected chi connectivity index (χ1v) is 18.1. The Morgan fingerprint density at radius 3 is 1.74 bits per heavy atom. The molecule has 248 valence electrons. The number of para-hydroxylation sites is 2. The predicted octanol–water partition coefficient (Wildman–Crippen LogP) is 14.1. The van der Waals surface area contributed by atoms with Gasteiger partial charge in [0.1, 0.15) is 11.2 Å². The molecule has 0 bridgehead atoms. The smallest absolute Gasteiger partial charge is 0.137 e. The van der Waals surface area contributed by atoms with Gasteiger partial charge in [0, 0.05) is 39.0 Å². The van der Waals surface area contributed by atoms with E-state index in [0.717, 1.165) is 44.7 Å². The van der Waals surface area contributed by atoms with Crippen molar-refractivity contribution in [2.45, 2.75) is 0 Å². The normalized spacial score (nSPS) is 11.8. The van der Waals surface area contributed by atoms with Gasteiger partial charge < -0.3 is 13.9 Å². The molecule has 0 N–H and O–H groups in total. The zero-order valence-corrected chi connectivity index (χ0v) is 28.8. The van der Waals surface area contributed by atoms with E-state index in [9.17, 15) is 0 Å². The second-order valence-electron chi connectivity index (χ2n) is 13.7. The van der Waals surface area contributed by atoms with Crippen LogP contribution in [-0.4, -0.2) is 4.57 Å². The van der Waals surface area contributed by atoms with Gasteiger partial charge in [-0.05, 0) is 81.9 Å². The molecule has 0 aliphatic heterocycles. The molecule has 0 spiro atoms. The molecule has 0 aliphatic rings. The topological polar surface area (TPSA) is 21.3 Å². The van der Waals surface area contributed by atoms with Gasteiger partial charge in [0.2, 0.25) is 0 Å². The van der Waals surface area contributed by atoms with Gasteiger partial charge in [0.05, 0.1) is 27.8 Å². The van der Waals surface area contributed by atoms with Crippen molar-refractivity contribution >= 4 is 82.4 Å². The third-order valence-electron chi connectivity index (χ3n) is 10.8. The summed E-state index contributed by atoms with van der Waals surface area (Å²) in [6, 6.07) is 69.6. The molecule has 2 heterocycles. The number of rotatable bonds is 5. The molecule has 0 fully saturated rings. The van der Waals surface area contributed by atoms with Gasteiger partial charge in [-0.25, -0.2) is 0 Å². The SMILES string of the molecule is c1ccc2c(-c3ccc(N(c4ccc5c(c4)oc4cccc(-n6c7ccccc7c7ccccc76)c45)c4cccc5ccccc45)cc3)cccc2c1. The maximum absolute atomic E-state index is 6.74. The Balaban J connectivity index is 1.10. The van der Waals surface area contributed by atoms with Gasteiger partial charge in [-0.3, -0.25) is 0 Å². The monoisotopic (exact) mass is 676 g/mol. The number of hydrogen-bond donors (Lipinski definition) is 0. The first-order valence-electron chi connectivity index (χ1n) is 18.1. The van der Waals surface area contributed by atoms with Crippen molar-refractivity contribution in [3.63, 3.8) is 0 Å². The Hall–Kier alpha value is -7.10. The Labute approximate surface area is 306 Å². The van der Waals surface area contributed by atoms with E-state index in [2.05, 4.69) is 204 Å². The maximum atomic E-state index is 6.74. The van der Waals surface area contributed by atoms with Crippen LogP contribution in [0.3, 0.4) is 0 Å². The standard InChI is InChI=1S/C50H32N2O/c1-3-16-38-33(12-1)14-9-20-39(38)35-26-28-36(29-27-35)51(44-23-10-15-34-13-2-4-17-40(34)44)37-30-31-43-49(32-37)53-48-25-11-24-47(50(43)48)52-45-21-7-5-18-41(45)42-19-6-8-22-46(42)52/h1-32H. The van der Waals surface area contributed by atoms with Crippen LogP contribution >= 0.6 is 0 Å². The maximum Gasteiger partial charge on any atom is 0.137 e. The molecular weight excluding hydrogens is 645 g/mol. The summed E-state index contributed by atoms with van der Waals surface area (Å²) in [7, 11) is 0. The molecule has 0 saturated heterocycles. The molecule has 11 rings (SSSR count). The second kappa shape index (κ2) is 11.7. The first kappa shape index (κ1) is 29.6. The number of furan rings is 1. The fourth-order valence-corrected chi connectivity index (χ4v) is 8.40. The van der Waals surface area contributed by atoms with Gasteiger partial charge in [-0.1, -0.05) is 133 Å². The summed E-state index contributed by atoms with van der Waals surface area (Å²) in [5, 5.41) is 9.56. The van der Waals surface area contributed by atoms with E-state index in [4.69, 9.17) is 4.42 Å². The van der Waals surface area contributed by atoms with Crippen molar-refractivity contribution in [1.82, 2.24) is 4.57 Å². The van der Waals surface area contributed by atoms with Crippen LogP contribution < -0.4 is 4.90 Å². The molecular formula is C50H32N2O. The number of aromatic nitrogens is 1. The van der Waals surface area contributed by atoms with Crippen molar-refractivity contribution in [3.8, 4) is 16.8 Å². The summed E-state index contributed by atoms with van der Waals surface area (Å²) in [5.41, 5.74) is 10.8. The van der Waals surface area contributed by atoms with Crippen LogP contribution in [0.15, 0.2) is 199 Å². The van der Waals surface area contributed by atoms with Crippen molar-refractivity contribution in [3.05, 3.63) is 194 Å². The van der Waals surface area contributed by atoms with E-state index >= 15 is 0 Å². The Kier molecular flexibility index (Phi) is 6.55. The van der Waals surface area contributed by atoms with E-state index in [1.807, 2.05) is 0 Å². The van der Waals surface area contributed by atoms with Crippen molar-refractivity contribution < 1.29 is 4.42 Å². The summed E-state index contributed by atoms with van der Waals surface area (Å²) in [6.07, 6.45) is 0. The summed E-state index contributed by atoms with van der Waals surface area (Å²) in [6.45, 7) is 0.